The first-order valence-corrected chi connectivity index (χ1v) is 6.60. The number of rotatable bonds is 2. The quantitative estimate of drug-likeness (QED) is 0.359. The van der Waals surface area contributed by atoms with Crippen molar-refractivity contribution >= 4 is 11.9 Å². The maximum Gasteiger partial charge on any atom is 0.200 e. The van der Waals surface area contributed by atoms with E-state index in [-0.39, 0.29) is 0 Å². The highest BCUT2D eigenvalue weighted by atomic mass is 32.2. The number of halogens is 5. The van der Waals surface area contributed by atoms with Crippen molar-refractivity contribution in [2.75, 3.05) is 26.4 Å². The highest BCUT2D eigenvalue weighted by Crippen LogP contribution is 2.37. The first-order chi connectivity index (χ1) is 8.90. The Bertz CT molecular complexity index is 481. The molecule has 2 rings (SSSR count). The zero-order valence-corrected chi connectivity index (χ0v) is 11.0. The fourth-order valence-electron chi connectivity index (χ4n) is 2.12. The average molecular weight is 298 g/mol. The van der Waals surface area contributed by atoms with Crippen molar-refractivity contribution in [1.82, 2.24) is 9.21 Å². The molecule has 0 aliphatic carbocycles. The van der Waals surface area contributed by atoms with Crippen LogP contribution < -0.4 is 0 Å². The lowest BCUT2D eigenvalue weighted by Crippen LogP contribution is -2.27. The van der Waals surface area contributed by atoms with E-state index < -0.39 is 40.8 Å². The van der Waals surface area contributed by atoms with Gasteiger partial charge in [0.15, 0.2) is 23.3 Å². The highest BCUT2D eigenvalue weighted by Gasteiger charge is 2.38. The van der Waals surface area contributed by atoms with Gasteiger partial charge in [0.1, 0.15) is 6.17 Å². The minimum absolute atomic E-state index is 0.474. The molecule has 8 heteroatoms. The van der Waals surface area contributed by atoms with E-state index in [2.05, 4.69) is 0 Å². The molecule has 106 valence electrons. The fourth-order valence-corrected chi connectivity index (χ4v) is 2.86. The van der Waals surface area contributed by atoms with E-state index in [1.165, 1.54) is 16.8 Å². The number of hydrogen-bond donors (Lipinski definition) is 0. The summed E-state index contributed by atoms with van der Waals surface area (Å²) in [7, 11) is 1.57. The van der Waals surface area contributed by atoms with Crippen LogP contribution in [0, 0.1) is 29.1 Å². The smallest absolute Gasteiger partial charge is 0.200 e. The third-order valence-corrected chi connectivity index (χ3v) is 3.95. The lowest BCUT2D eigenvalue weighted by atomic mass is 10.1. The summed E-state index contributed by atoms with van der Waals surface area (Å²) < 4.78 is 68.5. The van der Waals surface area contributed by atoms with Crippen molar-refractivity contribution in [1.29, 1.82) is 0 Å². The molecule has 1 atom stereocenters. The molecule has 19 heavy (non-hydrogen) atoms. The van der Waals surface area contributed by atoms with Crippen molar-refractivity contribution in [3.05, 3.63) is 34.6 Å². The third-order valence-electron chi connectivity index (χ3n) is 3.10. The van der Waals surface area contributed by atoms with Crippen LogP contribution in [0.3, 0.4) is 0 Å². The van der Waals surface area contributed by atoms with E-state index in [4.69, 9.17) is 0 Å². The third kappa shape index (κ3) is 2.21. The Morgan fingerprint density at radius 1 is 0.895 bits per heavy atom. The molecule has 1 unspecified atom stereocenters. The van der Waals surface area contributed by atoms with Crippen LogP contribution in [0.1, 0.15) is 11.7 Å². The monoisotopic (exact) mass is 298 g/mol. The zero-order valence-electron chi connectivity index (χ0n) is 10.2. The van der Waals surface area contributed by atoms with Crippen LogP contribution in [0.2, 0.25) is 0 Å². The maximum absolute atomic E-state index is 13.8. The van der Waals surface area contributed by atoms with Crippen LogP contribution in [-0.4, -0.2) is 35.6 Å². The summed E-state index contributed by atoms with van der Waals surface area (Å²) in [5.74, 6) is -9.48. The van der Waals surface area contributed by atoms with Crippen LogP contribution in [0.15, 0.2) is 0 Å². The Morgan fingerprint density at radius 3 is 1.84 bits per heavy atom. The summed E-state index contributed by atoms with van der Waals surface area (Å²) >= 11 is 1.19. The molecular weight excluding hydrogens is 287 g/mol. The second-order valence-electron chi connectivity index (χ2n) is 4.16. The normalized spacial score (nSPS) is 21.3. The van der Waals surface area contributed by atoms with Gasteiger partial charge in [-0.05, 0) is 13.3 Å². The second kappa shape index (κ2) is 5.26. The number of hydrogen-bond acceptors (Lipinski definition) is 3. The predicted molar refractivity (Wildman–Crippen MR) is 61.8 cm³/mol. The maximum atomic E-state index is 13.8. The standard InChI is InChI=1S/C11H11F5N2S/c1-17-3-4-18(19-2)11(17)5-6(12)8(14)10(16)9(15)7(5)13/h11H,3-4H2,1-2H3. The topological polar surface area (TPSA) is 6.48 Å². The van der Waals surface area contributed by atoms with Crippen molar-refractivity contribution in [2.45, 2.75) is 6.17 Å². The zero-order chi connectivity index (χ0) is 14.3. The molecule has 1 heterocycles. The average Bonchev–Trinajstić information content (AvgIpc) is 2.76. The fraction of sp³-hybridized carbons (Fsp3) is 0.455. The lowest BCUT2D eigenvalue weighted by Gasteiger charge is -2.27. The van der Waals surface area contributed by atoms with E-state index in [1.54, 1.807) is 17.6 Å². The molecule has 2 nitrogen and oxygen atoms in total. The first-order valence-electron chi connectivity index (χ1n) is 5.42. The van der Waals surface area contributed by atoms with Crippen molar-refractivity contribution in [3.8, 4) is 0 Å². The van der Waals surface area contributed by atoms with Gasteiger partial charge in [-0.3, -0.25) is 4.90 Å². The minimum Gasteiger partial charge on any atom is -0.285 e. The number of likely N-dealkylation sites (N-methyl/N-ethyl adjacent to an activating group) is 1. The van der Waals surface area contributed by atoms with E-state index in [1.807, 2.05) is 0 Å². The van der Waals surface area contributed by atoms with E-state index in [9.17, 15) is 22.0 Å². The van der Waals surface area contributed by atoms with Crippen molar-refractivity contribution < 1.29 is 22.0 Å². The number of benzene rings is 1. The first kappa shape index (κ1) is 14.5. The Morgan fingerprint density at radius 2 is 1.37 bits per heavy atom. The molecule has 0 aromatic heterocycles. The predicted octanol–water partition coefficient (Wildman–Crippen LogP) is 2.91. The van der Waals surface area contributed by atoms with Gasteiger partial charge in [0.05, 0.1) is 5.56 Å². The van der Waals surface area contributed by atoms with Crippen molar-refractivity contribution in [3.63, 3.8) is 0 Å². The molecule has 1 saturated heterocycles. The van der Waals surface area contributed by atoms with Gasteiger partial charge in [-0.1, -0.05) is 11.9 Å². The summed E-state index contributed by atoms with van der Waals surface area (Å²) in [6.45, 7) is 0.951. The van der Waals surface area contributed by atoms with Gasteiger partial charge in [0.25, 0.3) is 0 Å². The van der Waals surface area contributed by atoms with Crippen LogP contribution in [-0.2, 0) is 0 Å². The largest absolute Gasteiger partial charge is 0.285 e. The highest BCUT2D eigenvalue weighted by molar-refractivity contribution is 7.96. The molecule has 0 radical (unpaired) electrons. The SMILES string of the molecule is CSN1CCN(C)C1c1c(F)c(F)c(F)c(F)c1F. The molecule has 0 spiro atoms. The summed E-state index contributed by atoms with van der Waals surface area (Å²) in [5.41, 5.74) is -0.800. The van der Waals surface area contributed by atoms with Crippen LogP contribution >= 0.6 is 11.9 Å². The Balaban J connectivity index is 2.62. The van der Waals surface area contributed by atoms with Gasteiger partial charge in [-0.25, -0.2) is 26.3 Å². The molecule has 0 bridgehead atoms. The van der Waals surface area contributed by atoms with Gasteiger partial charge in [0, 0.05) is 13.1 Å². The van der Waals surface area contributed by atoms with Gasteiger partial charge >= 0.3 is 0 Å². The van der Waals surface area contributed by atoms with Crippen molar-refractivity contribution in [2.24, 2.45) is 0 Å². The van der Waals surface area contributed by atoms with Gasteiger partial charge in [-0.15, -0.1) is 0 Å². The Hall–Kier alpha value is -0.860. The van der Waals surface area contributed by atoms with Gasteiger partial charge in [0.2, 0.25) is 5.82 Å². The molecule has 1 fully saturated rings. The second-order valence-corrected chi connectivity index (χ2v) is 5.00. The van der Waals surface area contributed by atoms with Crippen LogP contribution in [0.25, 0.3) is 0 Å². The summed E-state index contributed by atoms with van der Waals surface area (Å²) in [4.78, 5) is 1.54. The van der Waals surface area contributed by atoms with Crippen LogP contribution in [0.4, 0.5) is 22.0 Å². The van der Waals surface area contributed by atoms with Crippen LogP contribution in [0.5, 0.6) is 0 Å². The molecular formula is C11H11F5N2S. The molecule has 1 aromatic carbocycles. The molecule has 0 saturated carbocycles. The van der Waals surface area contributed by atoms with E-state index in [0.717, 1.165) is 0 Å². The summed E-state index contributed by atoms with van der Waals surface area (Å²) in [6, 6.07) is 0. The molecule has 1 aliphatic heterocycles. The van der Waals surface area contributed by atoms with E-state index >= 15 is 0 Å². The summed E-state index contributed by atoms with van der Waals surface area (Å²) in [5, 5.41) is 0. The van der Waals surface area contributed by atoms with Gasteiger partial charge < -0.3 is 0 Å². The van der Waals surface area contributed by atoms with E-state index in [0.29, 0.717) is 13.1 Å². The Labute approximate surface area is 111 Å². The molecule has 0 N–H and O–H groups in total. The molecule has 0 amide bonds. The lowest BCUT2D eigenvalue weighted by molar-refractivity contribution is 0.225. The molecule has 1 aromatic rings. The van der Waals surface area contributed by atoms with Gasteiger partial charge in [-0.2, -0.15) is 0 Å². The molecule has 1 aliphatic rings. The minimum atomic E-state index is -2.13. The number of nitrogens with zero attached hydrogens (tertiary/aromatic N) is 2. The summed E-state index contributed by atoms with van der Waals surface area (Å²) in [6.07, 6.45) is 0.706. The Kier molecular flexibility index (Phi) is 4.03.